The molecule has 3 heteroatoms. The van der Waals surface area contributed by atoms with Gasteiger partial charge in [0.25, 0.3) is 0 Å². The van der Waals surface area contributed by atoms with E-state index in [9.17, 15) is 0 Å². The molecule has 1 saturated carbocycles. The Labute approximate surface area is 126 Å². The Bertz CT molecular complexity index is 396. The van der Waals surface area contributed by atoms with E-state index in [0.717, 1.165) is 17.5 Å². The van der Waals surface area contributed by atoms with E-state index in [1.807, 2.05) is 23.9 Å². The van der Waals surface area contributed by atoms with Gasteiger partial charge >= 0.3 is 0 Å². The van der Waals surface area contributed by atoms with E-state index >= 15 is 0 Å². The Kier molecular flexibility index (Phi) is 6.06. The minimum atomic E-state index is 0.650. The van der Waals surface area contributed by atoms with Crippen LogP contribution in [-0.4, -0.2) is 17.8 Å². The molecule has 0 heterocycles. The fourth-order valence-electron chi connectivity index (χ4n) is 2.92. The van der Waals surface area contributed by atoms with Crippen LogP contribution in [0.3, 0.4) is 0 Å². The zero-order chi connectivity index (χ0) is 13.7. The molecule has 1 fully saturated rings. The molecule has 19 heavy (non-hydrogen) atoms. The van der Waals surface area contributed by atoms with Crippen LogP contribution in [0.1, 0.15) is 39.5 Å². The van der Waals surface area contributed by atoms with E-state index in [1.54, 1.807) is 0 Å². The molecular formula is C16H24ClNS. The molecule has 0 aliphatic heterocycles. The van der Waals surface area contributed by atoms with Gasteiger partial charge in [-0.15, -0.1) is 11.8 Å². The van der Waals surface area contributed by atoms with Crippen LogP contribution in [0.25, 0.3) is 0 Å². The summed E-state index contributed by atoms with van der Waals surface area (Å²) in [6.07, 6.45) is 5.32. The molecule has 0 radical (unpaired) electrons. The maximum Gasteiger partial charge on any atom is 0.0417 e. The number of rotatable bonds is 5. The molecule has 1 nitrogen and oxygen atoms in total. The largest absolute Gasteiger partial charge is 0.313 e. The summed E-state index contributed by atoms with van der Waals surface area (Å²) in [6, 6.07) is 8.91. The average molecular weight is 298 g/mol. The molecule has 1 aromatic carbocycles. The van der Waals surface area contributed by atoms with E-state index in [-0.39, 0.29) is 0 Å². The van der Waals surface area contributed by atoms with Gasteiger partial charge in [0.05, 0.1) is 0 Å². The topological polar surface area (TPSA) is 12.0 Å². The standard InChI is InChI=1S/C16H24ClNS/c1-3-12-8-9-15(18-4-2)16(10-12)19-14-7-5-6-13(17)11-14/h5-7,11-12,15-16,18H,3-4,8-10H2,1-2H3. The summed E-state index contributed by atoms with van der Waals surface area (Å²) in [5.41, 5.74) is 0. The van der Waals surface area contributed by atoms with Gasteiger partial charge in [-0.3, -0.25) is 0 Å². The SMILES string of the molecule is CCNC1CCC(CC)CC1Sc1cccc(Cl)c1. The molecule has 106 valence electrons. The third-order valence-electron chi connectivity index (χ3n) is 4.03. The van der Waals surface area contributed by atoms with E-state index < -0.39 is 0 Å². The Hall–Kier alpha value is -0.180. The minimum Gasteiger partial charge on any atom is -0.313 e. The highest BCUT2D eigenvalue weighted by Gasteiger charge is 2.29. The maximum absolute atomic E-state index is 6.09. The van der Waals surface area contributed by atoms with Gasteiger partial charge in [-0.2, -0.15) is 0 Å². The van der Waals surface area contributed by atoms with Crippen molar-refractivity contribution in [1.82, 2.24) is 5.32 Å². The monoisotopic (exact) mass is 297 g/mol. The summed E-state index contributed by atoms with van der Waals surface area (Å²) in [4.78, 5) is 1.30. The summed E-state index contributed by atoms with van der Waals surface area (Å²) in [6.45, 7) is 5.58. The van der Waals surface area contributed by atoms with Gasteiger partial charge in [0.15, 0.2) is 0 Å². The summed E-state index contributed by atoms with van der Waals surface area (Å²) in [5, 5.41) is 5.18. The molecule has 0 spiro atoms. The van der Waals surface area contributed by atoms with Gasteiger partial charge in [-0.1, -0.05) is 37.9 Å². The van der Waals surface area contributed by atoms with Gasteiger partial charge in [-0.25, -0.2) is 0 Å². The van der Waals surface area contributed by atoms with E-state index in [2.05, 4.69) is 31.3 Å². The van der Waals surface area contributed by atoms with Crippen molar-refractivity contribution < 1.29 is 0 Å². The smallest absolute Gasteiger partial charge is 0.0417 e. The highest BCUT2D eigenvalue weighted by atomic mass is 35.5. The molecule has 1 aliphatic carbocycles. The van der Waals surface area contributed by atoms with Crippen LogP contribution in [0, 0.1) is 5.92 Å². The lowest BCUT2D eigenvalue weighted by atomic mass is 9.84. The fourth-order valence-corrected chi connectivity index (χ4v) is 4.65. The van der Waals surface area contributed by atoms with Gasteiger partial charge in [0.1, 0.15) is 0 Å². The number of benzene rings is 1. The second kappa shape index (κ2) is 7.56. The lowest BCUT2D eigenvalue weighted by Crippen LogP contribution is -2.42. The fraction of sp³-hybridized carbons (Fsp3) is 0.625. The average Bonchev–Trinajstić information content (AvgIpc) is 2.41. The molecule has 1 aromatic rings. The van der Waals surface area contributed by atoms with Crippen molar-refractivity contribution in [1.29, 1.82) is 0 Å². The zero-order valence-electron chi connectivity index (χ0n) is 11.9. The van der Waals surface area contributed by atoms with E-state index in [1.165, 1.54) is 30.6 Å². The third kappa shape index (κ3) is 4.40. The lowest BCUT2D eigenvalue weighted by Gasteiger charge is -2.36. The van der Waals surface area contributed by atoms with Crippen LogP contribution in [0.5, 0.6) is 0 Å². The highest BCUT2D eigenvalue weighted by molar-refractivity contribution is 8.00. The van der Waals surface area contributed by atoms with Crippen molar-refractivity contribution in [2.75, 3.05) is 6.54 Å². The molecule has 3 atom stereocenters. The van der Waals surface area contributed by atoms with Crippen molar-refractivity contribution in [3.05, 3.63) is 29.3 Å². The normalized spacial score (nSPS) is 27.4. The Morgan fingerprint density at radius 1 is 1.32 bits per heavy atom. The van der Waals surface area contributed by atoms with Crippen LogP contribution in [0.2, 0.25) is 5.02 Å². The van der Waals surface area contributed by atoms with Crippen LogP contribution < -0.4 is 5.32 Å². The van der Waals surface area contributed by atoms with Crippen molar-refractivity contribution in [2.24, 2.45) is 5.92 Å². The lowest BCUT2D eigenvalue weighted by molar-refractivity contribution is 0.298. The molecule has 1 aliphatic rings. The molecule has 0 saturated heterocycles. The molecule has 0 aromatic heterocycles. The van der Waals surface area contributed by atoms with Gasteiger partial charge in [0, 0.05) is 21.2 Å². The molecule has 0 amide bonds. The summed E-state index contributed by atoms with van der Waals surface area (Å²) < 4.78 is 0. The predicted molar refractivity (Wildman–Crippen MR) is 86.2 cm³/mol. The second-order valence-electron chi connectivity index (χ2n) is 5.37. The van der Waals surface area contributed by atoms with Gasteiger partial charge < -0.3 is 5.32 Å². The first kappa shape index (κ1) is 15.2. The Morgan fingerprint density at radius 3 is 2.84 bits per heavy atom. The summed E-state index contributed by atoms with van der Waals surface area (Å²) in [7, 11) is 0. The van der Waals surface area contributed by atoms with Gasteiger partial charge in [0.2, 0.25) is 0 Å². The molecule has 0 bridgehead atoms. The van der Waals surface area contributed by atoms with Crippen molar-refractivity contribution in [3.8, 4) is 0 Å². The first-order valence-electron chi connectivity index (χ1n) is 7.38. The number of nitrogens with one attached hydrogen (secondary N) is 1. The van der Waals surface area contributed by atoms with Crippen LogP contribution in [0.15, 0.2) is 29.2 Å². The quantitative estimate of drug-likeness (QED) is 0.822. The summed E-state index contributed by atoms with van der Waals surface area (Å²) in [5.74, 6) is 0.895. The zero-order valence-corrected chi connectivity index (χ0v) is 13.4. The Morgan fingerprint density at radius 2 is 2.16 bits per heavy atom. The summed E-state index contributed by atoms with van der Waals surface area (Å²) >= 11 is 8.09. The number of hydrogen-bond donors (Lipinski definition) is 1. The predicted octanol–water partition coefficient (Wildman–Crippen LogP) is 4.99. The third-order valence-corrected chi connectivity index (χ3v) is 5.61. The second-order valence-corrected chi connectivity index (χ2v) is 7.11. The minimum absolute atomic E-state index is 0.650. The van der Waals surface area contributed by atoms with Gasteiger partial charge in [-0.05, 0) is 49.9 Å². The number of thioether (sulfide) groups is 1. The van der Waals surface area contributed by atoms with Crippen LogP contribution in [0.4, 0.5) is 0 Å². The van der Waals surface area contributed by atoms with Crippen molar-refractivity contribution in [3.63, 3.8) is 0 Å². The first-order chi connectivity index (χ1) is 9.22. The number of halogens is 1. The molecule has 1 N–H and O–H groups in total. The van der Waals surface area contributed by atoms with Crippen LogP contribution >= 0.6 is 23.4 Å². The molecule has 2 rings (SSSR count). The molecular weight excluding hydrogens is 274 g/mol. The van der Waals surface area contributed by atoms with E-state index in [0.29, 0.717) is 11.3 Å². The maximum atomic E-state index is 6.09. The van der Waals surface area contributed by atoms with Crippen molar-refractivity contribution >= 4 is 23.4 Å². The first-order valence-corrected chi connectivity index (χ1v) is 8.64. The van der Waals surface area contributed by atoms with E-state index in [4.69, 9.17) is 11.6 Å². The van der Waals surface area contributed by atoms with Crippen molar-refractivity contribution in [2.45, 2.75) is 55.7 Å². The Balaban J connectivity index is 2.04. The number of hydrogen-bond acceptors (Lipinski definition) is 2. The van der Waals surface area contributed by atoms with Crippen LogP contribution in [-0.2, 0) is 0 Å². The highest BCUT2D eigenvalue weighted by Crippen LogP contribution is 2.38. The molecule has 3 unspecified atom stereocenters.